The van der Waals surface area contributed by atoms with Crippen molar-refractivity contribution < 1.29 is 9.53 Å². The number of carbonyl (C=O) groups excluding carboxylic acids is 1. The van der Waals surface area contributed by atoms with Gasteiger partial charge in [0.1, 0.15) is 5.60 Å². The zero-order chi connectivity index (χ0) is 13.3. The van der Waals surface area contributed by atoms with Gasteiger partial charge in [-0.3, -0.25) is 0 Å². The van der Waals surface area contributed by atoms with Crippen molar-refractivity contribution in [2.45, 2.75) is 76.2 Å². The number of carbonyl (C=O) groups is 1. The Morgan fingerprint density at radius 2 is 1.94 bits per heavy atom. The molecule has 0 radical (unpaired) electrons. The monoisotopic (exact) mass is 255 g/mol. The highest BCUT2D eigenvalue weighted by Gasteiger charge is 2.41. The molecule has 0 aromatic heterocycles. The normalized spacial score (nSPS) is 35.3. The molecule has 2 aliphatic rings. The van der Waals surface area contributed by atoms with Crippen molar-refractivity contribution in [1.29, 1.82) is 0 Å². The van der Waals surface area contributed by atoms with Gasteiger partial charge >= 0.3 is 6.09 Å². The molecule has 1 amide bonds. The number of rotatable bonds is 3. The summed E-state index contributed by atoms with van der Waals surface area (Å²) in [6.45, 7) is 5.61. The molecule has 2 aliphatic carbocycles. The molecular weight excluding hydrogens is 230 g/mol. The predicted octanol–water partition coefficient (Wildman–Crippen LogP) is 1.12. The van der Waals surface area contributed by atoms with E-state index in [1.807, 2.05) is 20.8 Å². The van der Waals surface area contributed by atoms with Gasteiger partial charge < -0.3 is 21.1 Å². The molecule has 5 nitrogen and oxygen atoms in total. The zero-order valence-electron chi connectivity index (χ0n) is 11.5. The topological polar surface area (TPSA) is 76.4 Å². The highest BCUT2D eigenvalue weighted by molar-refractivity contribution is 5.68. The molecule has 0 aromatic rings. The van der Waals surface area contributed by atoms with Crippen LogP contribution in [0.2, 0.25) is 0 Å². The van der Waals surface area contributed by atoms with Crippen LogP contribution in [0.15, 0.2) is 0 Å². The lowest BCUT2D eigenvalue weighted by molar-refractivity contribution is 0.0522. The summed E-state index contributed by atoms with van der Waals surface area (Å²) < 4.78 is 5.23. The Balaban J connectivity index is 1.64. The van der Waals surface area contributed by atoms with Crippen molar-refractivity contribution in [2.75, 3.05) is 0 Å². The summed E-state index contributed by atoms with van der Waals surface area (Å²) in [6, 6.07) is 1.48. The molecule has 4 unspecified atom stereocenters. The third kappa shape index (κ3) is 4.14. The number of hydrogen-bond donors (Lipinski definition) is 3. The van der Waals surface area contributed by atoms with E-state index in [9.17, 15) is 4.79 Å². The van der Waals surface area contributed by atoms with E-state index in [0.29, 0.717) is 18.1 Å². The summed E-state index contributed by atoms with van der Waals surface area (Å²) in [5.74, 6) is 0. The van der Waals surface area contributed by atoms with Crippen molar-refractivity contribution >= 4 is 6.09 Å². The molecule has 5 heteroatoms. The first-order valence-electron chi connectivity index (χ1n) is 6.84. The molecule has 0 bridgehead atoms. The van der Waals surface area contributed by atoms with Crippen LogP contribution < -0.4 is 16.4 Å². The van der Waals surface area contributed by atoms with Gasteiger partial charge in [0.2, 0.25) is 0 Å². The third-order valence-electron chi connectivity index (χ3n) is 3.42. The van der Waals surface area contributed by atoms with Gasteiger partial charge in [-0.05, 0) is 46.5 Å². The maximum absolute atomic E-state index is 11.6. The minimum Gasteiger partial charge on any atom is -0.444 e. The molecule has 0 spiro atoms. The summed E-state index contributed by atoms with van der Waals surface area (Å²) in [4.78, 5) is 11.6. The zero-order valence-corrected chi connectivity index (χ0v) is 11.5. The van der Waals surface area contributed by atoms with Crippen molar-refractivity contribution in [3.63, 3.8) is 0 Å². The van der Waals surface area contributed by atoms with Gasteiger partial charge in [0, 0.05) is 24.2 Å². The van der Waals surface area contributed by atoms with Gasteiger partial charge in [0.15, 0.2) is 0 Å². The second-order valence-corrected chi connectivity index (χ2v) is 6.53. The van der Waals surface area contributed by atoms with Crippen molar-refractivity contribution in [3.8, 4) is 0 Å². The number of alkyl carbamates (subject to hydrolysis) is 1. The lowest BCUT2D eigenvalue weighted by Gasteiger charge is -2.20. The highest BCUT2D eigenvalue weighted by atomic mass is 16.6. The predicted molar refractivity (Wildman–Crippen MR) is 70.3 cm³/mol. The first-order chi connectivity index (χ1) is 8.33. The number of nitrogens with one attached hydrogen (secondary N) is 2. The first kappa shape index (κ1) is 13.6. The Morgan fingerprint density at radius 1 is 1.22 bits per heavy atom. The molecule has 2 saturated carbocycles. The van der Waals surface area contributed by atoms with Crippen molar-refractivity contribution in [3.05, 3.63) is 0 Å². The van der Waals surface area contributed by atoms with Crippen LogP contribution in [0.4, 0.5) is 4.79 Å². The van der Waals surface area contributed by atoms with Crippen LogP contribution in [0.25, 0.3) is 0 Å². The Kier molecular flexibility index (Phi) is 3.82. The average Bonchev–Trinajstić information content (AvgIpc) is 2.74. The fourth-order valence-electron chi connectivity index (χ4n) is 2.47. The standard InChI is InChI=1S/C13H25N3O2/c1-13(2,3)18-12(17)16-11-7-10(11)15-9-5-4-8(14)6-9/h8-11,15H,4-7,14H2,1-3H3,(H,16,17). The molecule has 4 atom stereocenters. The minimum atomic E-state index is -0.430. The Morgan fingerprint density at radius 3 is 2.50 bits per heavy atom. The van der Waals surface area contributed by atoms with E-state index in [-0.39, 0.29) is 12.1 Å². The maximum Gasteiger partial charge on any atom is 0.407 e. The Hall–Kier alpha value is -0.810. The van der Waals surface area contributed by atoms with Crippen LogP contribution in [-0.2, 0) is 4.74 Å². The van der Waals surface area contributed by atoms with Crippen LogP contribution in [-0.4, -0.2) is 35.9 Å². The Labute approximate surface area is 109 Å². The van der Waals surface area contributed by atoms with E-state index in [0.717, 1.165) is 25.7 Å². The molecule has 0 saturated heterocycles. The molecule has 18 heavy (non-hydrogen) atoms. The molecule has 104 valence electrons. The lowest BCUT2D eigenvalue weighted by atomic mass is 10.2. The minimum absolute atomic E-state index is 0.219. The summed E-state index contributed by atoms with van der Waals surface area (Å²) in [5.41, 5.74) is 5.45. The summed E-state index contributed by atoms with van der Waals surface area (Å²) in [5, 5.41) is 6.44. The molecule has 2 rings (SSSR count). The van der Waals surface area contributed by atoms with Gasteiger partial charge in [0.05, 0.1) is 0 Å². The van der Waals surface area contributed by atoms with Gasteiger partial charge in [-0.2, -0.15) is 0 Å². The van der Waals surface area contributed by atoms with Gasteiger partial charge in [-0.1, -0.05) is 0 Å². The lowest BCUT2D eigenvalue weighted by Crippen LogP contribution is -2.39. The number of ether oxygens (including phenoxy) is 1. The number of amides is 1. The average molecular weight is 255 g/mol. The maximum atomic E-state index is 11.6. The van der Waals surface area contributed by atoms with E-state index in [1.54, 1.807) is 0 Å². The van der Waals surface area contributed by atoms with Crippen LogP contribution in [0.5, 0.6) is 0 Å². The Bertz CT molecular complexity index is 314. The van der Waals surface area contributed by atoms with Gasteiger partial charge in [-0.25, -0.2) is 4.79 Å². The van der Waals surface area contributed by atoms with Gasteiger partial charge in [0.25, 0.3) is 0 Å². The fraction of sp³-hybridized carbons (Fsp3) is 0.923. The van der Waals surface area contributed by atoms with Crippen molar-refractivity contribution in [1.82, 2.24) is 10.6 Å². The second kappa shape index (κ2) is 5.05. The first-order valence-corrected chi connectivity index (χ1v) is 6.84. The molecule has 4 N–H and O–H groups in total. The van der Waals surface area contributed by atoms with E-state index in [4.69, 9.17) is 10.5 Å². The van der Waals surface area contributed by atoms with Crippen molar-refractivity contribution in [2.24, 2.45) is 5.73 Å². The second-order valence-electron chi connectivity index (χ2n) is 6.53. The SMILES string of the molecule is CC(C)(C)OC(=O)NC1CC1NC1CCC(N)C1. The van der Waals surface area contributed by atoms with E-state index < -0.39 is 5.60 Å². The smallest absolute Gasteiger partial charge is 0.407 e. The van der Waals surface area contributed by atoms with Crippen LogP contribution in [0.3, 0.4) is 0 Å². The van der Waals surface area contributed by atoms with Crippen LogP contribution in [0.1, 0.15) is 46.5 Å². The molecule has 0 aromatic carbocycles. The fourth-order valence-corrected chi connectivity index (χ4v) is 2.47. The summed E-state index contributed by atoms with van der Waals surface area (Å²) >= 11 is 0. The highest BCUT2D eigenvalue weighted by Crippen LogP contribution is 2.26. The van der Waals surface area contributed by atoms with E-state index in [2.05, 4.69) is 10.6 Å². The molecule has 0 heterocycles. The summed E-state index contributed by atoms with van der Waals surface area (Å²) in [7, 11) is 0. The van der Waals surface area contributed by atoms with E-state index in [1.165, 1.54) is 0 Å². The van der Waals surface area contributed by atoms with Crippen LogP contribution >= 0.6 is 0 Å². The number of hydrogen-bond acceptors (Lipinski definition) is 4. The quantitative estimate of drug-likeness (QED) is 0.706. The van der Waals surface area contributed by atoms with Crippen LogP contribution in [0, 0.1) is 0 Å². The van der Waals surface area contributed by atoms with Gasteiger partial charge in [-0.15, -0.1) is 0 Å². The molecule has 0 aliphatic heterocycles. The summed E-state index contributed by atoms with van der Waals surface area (Å²) in [6.07, 6.45) is 3.98. The third-order valence-corrected chi connectivity index (χ3v) is 3.42. The number of nitrogens with two attached hydrogens (primary N) is 1. The van der Waals surface area contributed by atoms with E-state index >= 15 is 0 Å². The largest absolute Gasteiger partial charge is 0.444 e. The molecule has 2 fully saturated rings. The molecular formula is C13H25N3O2.